The molecule has 4 nitrogen and oxygen atoms in total. The fourth-order valence-electron chi connectivity index (χ4n) is 2.43. The smallest absolute Gasteiger partial charge is 0.260 e. The SMILES string of the molecule is CCc1ccc(OCc2c(NC(=S)OC)cccc2OC)c(C)c1. The molecular weight excluding hydrogens is 322 g/mol. The Hall–Kier alpha value is -2.27. The van der Waals surface area contributed by atoms with Gasteiger partial charge < -0.3 is 19.5 Å². The zero-order valence-corrected chi connectivity index (χ0v) is 15.3. The van der Waals surface area contributed by atoms with Crippen molar-refractivity contribution in [1.82, 2.24) is 0 Å². The van der Waals surface area contributed by atoms with Crippen LogP contribution in [-0.4, -0.2) is 19.4 Å². The maximum Gasteiger partial charge on any atom is 0.260 e. The topological polar surface area (TPSA) is 39.7 Å². The van der Waals surface area contributed by atoms with Crippen molar-refractivity contribution >= 4 is 23.1 Å². The van der Waals surface area contributed by atoms with Gasteiger partial charge in [-0.25, -0.2) is 0 Å². The summed E-state index contributed by atoms with van der Waals surface area (Å²) in [5.41, 5.74) is 4.11. The molecule has 2 rings (SSSR count). The molecule has 2 aromatic rings. The quantitative estimate of drug-likeness (QED) is 0.781. The van der Waals surface area contributed by atoms with Crippen LogP contribution >= 0.6 is 12.2 Å². The Labute approximate surface area is 148 Å². The van der Waals surface area contributed by atoms with Crippen LogP contribution in [0.1, 0.15) is 23.6 Å². The van der Waals surface area contributed by atoms with Crippen LogP contribution in [0.3, 0.4) is 0 Å². The normalized spacial score (nSPS) is 10.2. The van der Waals surface area contributed by atoms with Gasteiger partial charge >= 0.3 is 0 Å². The number of anilines is 1. The summed E-state index contributed by atoms with van der Waals surface area (Å²) in [5, 5.41) is 3.35. The summed E-state index contributed by atoms with van der Waals surface area (Å²) in [6.07, 6.45) is 1.01. The number of hydrogen-bond donors (Lipinski definition) is 1. The second kappa shape index (κ2) is 8.55. The lowest BCUT2D eigenvalue weighted by Gasteiger charge is -2.17. The van der Waals surface area contributed by atoms with E-state index in [-0.39, 0.29) is 0 Å². The summed E-state index contributed by atoms with van der Waals surface area (Å²) >= 11 is 5.09. The van der Waals surface area contributed by atoms with E-state index in [1.54, 1.807) is 7.11 Å². The lowest BCUT2D eigenvalue weighted by Crippen LogP contribution is -2.13. The van der Waals surface area contributed by atoms with Gasteiger partial charge in [0, 0.05) is 0 Å². The molecule has 0 radical (unpaired) electrons. The highest BCUT2D eigenvalue weighted by atomic mass is 32.1. The maximum absolute atomic E-state index is 6.02. The Kier molecular flexibility index (Phi) is 6.44. The molecule has 0 aliphatic rings. The number of ether oxygens (including phenoxy) is 3. The minimum absolute atomic E-state index is 0.299. The van der Waals surface area contributed by atoms with E-state index in [9.17, 15) is 0 Å². The van der Waals surface area contributed by atoms with Gasteiger partial charge in [-0.1, -0.05) is 25.1 Å². The van der Waals surface area contributed by atoms with Gasteiger partial charge in [-0.05, 0) is 54.9 Å². The van der Waals surface area contributed by atoms with Crippen molar-refractivity contribution in [2.24, 2.45) is 0 Å². The van der Waals surface area contributed by atoms with Crippen LogP contribution in [0.15, 0.2) is 36.4 Å². The molecule has 0 saturated carbocycles. The first kappa shape index (κ1) is 18.1. The predicted molar refractivity (Wildman–Crippen MR) is 101 cm³/mol. The molecular formula is C19H23NO3S. The molecule has 0 aromatic heterocycles. The van der Waals surface area contributed by atoms with Crippen molar-refractivity contribution in [3.63, 3.8) is 0 Å². The molecule has 128 valence electrons. The molecule has 24 heavy (non-hydrogen) atoms. The van der Waals surface area contributed by atoms with E-state index in [0.29, 0.717) is 11.8 Å². The Morgan fingerprint density at radius 2 is 1.92 bits per heavy atom. The van der Waals surface area contributed by atoms with Crippen molar-refractivity contribution < 1.29 is 14.2 Å². The van der Waals surface area contributed by atoms with E-state index in [0.717, 1.165) is 34.7 Å². The Bertz CT molecular complexity index is 716. The van der Waals surface area contributed by atoms with Gasteiger partial charge in [-0.3, -0.25) is 0 Å². The highest BCUT2D eigenvalue weighted by Crippen LogP contribution is 2.29. The van der Waals surface area contributed by atoms with Gasteiger partial charge in [0.1, 0.15) is 18.1 Å². The van der Waals surface area contributed by atoms with Crippen molar-refractivity contribution in [3.05, 3.63) is 53.1 Å². The molecule has 0 amide bonds. The number of benzene rings is 2. The molecule has 0 saturated heterocycles. The summed E-state index contributed by atoms with van der Waals surface area (Å²) < 4.78 is 16.5. The van der Waals surface area contributed by atoms with E-state index in [1.165, 1.54) is 12.7 Å². The first-order valence-corrected chi connectivity index (χ1v) is 8.23. The van der Waals surface area contributed by atoms with Crippen LogP contribution in [0, 0.1) is 6.92 Å². The van der Waals surface area contributed by atoms with Gasteiger partial charge in [0.2, 0.25) is 0 Å². The maximum atomic E-state index is 6.02. The monoisotopic (exact) mass is 345 g/mol. The highest BCUT2D eigenvalue weighted by molar-refractivity contribution is 7.80. The number of nitrogens with one attached hydrogen (secondary N) is 1. The second-order valence-electron chi connectivity index (χ2n) is 5.35. The summed E-state index contributed by atoms with van der Waals surface area (Å²) in [6, 6.07) is 12.0. The second-order valence-corrected chi connectivity index (χ2v) is 5.72. The van der Waals surface area contributed by atoms with Crippen molar-refractivity contribution in [3.8, 4) is 11.5 Å². The van der Waals surface area contributed by atoms with Gasteiger partial charge in [0.25, 0.3) is 5.17 Å². The van der Waals surface area contributed by atoms with Gasteiger partial charge in [-0.2, -0.15) is 0 Å². The molecule has 0 fully saturated rings. The highest BCUT2D eigenvalue weighted by Gasteiger charge is 2.12. The molecule has 0 heterocycles. The summed E-state index contributed by atoms with van der Waals surface area (Å²) in [5.74, 6) is 1.60. The summed E-state index contributed by atoms with van der Waals surface area (Å²) in [6.45, 7) is 4.56. The number of methoxy groups -OCH3 is 2. The minimum Gasteiger partial charge on any atom is -0.496 e. The van der Waals surface area contributed by atoms with Crippen molar-refractivity contribution in [2.75, 3.05) is 19.5 Å². The van der Waals surface area contributed by atoms with E-state index < -0.39 is 0 Å². The van der Waals surface area contributed by atoms with E-state index in [2.05, 4.69) is 31.3 Å². The molecule has 0 atom stereocenters. The Balaban J connectivity index is 2.23. The standard InChI is InChI=1S/C19H23NO3S/c1-5-14-9-10-17(13(2)11-14)23-12-15-16(20-19(24)22-4)7-6-8-18(15)21-3/h6-11H,5,12H2,1-4H3,(H,20,24). The third-order valence-corrected chi connectivity index (χ3v) is 4.06. The van der Waals surface area contributed by atoms with Crippen LogP contribution in [0.25, 0.3) is 0 Å². The lowest BCUT2D eigenvalue weighted by atomic mass is 10.1. The fourth-order valence-corrected chi connectivity index (χ4v) is 2.54. The van der Waals surface area contributed by atoms with Gasteiger partial charge in [0.05, 0.1) is 25.5 Å². The van der Waals surface area contributed by atoms with Crippen molar-refractivity contribution in [1.29, 1.82) is 0 Å². The van der Waals surface area contributed by atoms with Crippen LogP contribution in [0.4, 0.5) is 5.69 Å². The number of aryl methyl sites for hydroxylation is 2. The molecule has 5 heteroatoms. The van der Waals surface area contributed by atoms with E-state index in [1.807, 2.05) is 24.3 Å². The van der Waals surface area contributed by atoms with Crippen LogP contribution in [0.2, 0.25) is 0 Å². The minimum atomic E-state index is 0.299. The first-order valence-electron chi connectivity index (χ1n) is 7.82. The number of hydrogen-bond acceptors (Lipinski definition) is 4. The van der Waals surface area contributed by atoms with Crippen LogP contribution in [-0.2, 0) is 17.8 Å². The third-order valence-electron chi connectivity index (χ3n) is 3.79. The molecule has 0 aliphatic heterocycles. The number of thiocarbonyl (C=S) groups is 1. The average Bonchev–Trinajstić information content (AvgIpc) is 2.60. The van der Waals surface area contributed by atoms with Crippen LogP contribution in [0.5, 0.6) is 11.5 Å². The first-order chi connectivity index (χ1) is 11.6. The summed E-state index contributed by atoms with van der Waals surface area (Å²) in [4.78, 5) is 0. The molecule has 0 spiro atoms. The predicted octanol–water partition coefficient (Wildman–Crippen LogP) is 4.49. The largest absolute Gasteiger partial charge is 0.496 e. The molecule has 0 unspecified atom stereocenters. The van der Waals surface area contributed by atoms with Gasteiger partial charge in [0.15, 0.2) is 0 Å². The van der Waals surface area contributed by atoms with E-state index in [4.69, 9.17) is 26.4 Å². The third kappa shape index (κ3) is 4.38. The fraction of sp³-hybridized carbons (Fsp3) is 0.316. The Morgan fingerprint density at radius 3 is 2.54 bits per heavy atom. The Morgan fingerprint density at radius 1 is 1.12 bits per heavy atom. The molecule has 2 aromatic carbocycles. The summed E-state index contributed by atoms with van der Waals surface area (Å²) in [7, 11) is 3.17. The van der Waals surface area contributed by atoms with Crippen LogP contribution < -0.4 is 14.8 Å². The average molecular weight is 345 g/mol. The number of rotatable bonds is 6. The molecule has 0 aliphatic carbocycles. The zero-order valence-electron chi connectivity index (χ0n) is 14.5. The zero-order chi connectivity index (χ0) is 17.5. The van der Waals surface area contributed by atoms with E-state index >= 15 is 0 Å². The molecule has 1 N–H and O–H groups in total. The molecule has 0 bridgehead atoms. The lowest BCUT2D eigenvalue weighted by molar-refractivity contribution is 0.295. The van der Waals surface area contributed by atoms with Gasteiger partial charge in [-0.15, -0.1) is 0 Å². The van der Waals surface area contributed by atoms with Crippen molar-refractivity contribution in [2.45, 2.75) is 26.9 Å².